The van der Waals surface area contributed by atoms with Crippen molar-refractivity contribution in [1.82, 2.24) is 15.2 Å². The third-order valence-corrected chi connectivity index (χ3v) is 3.94. The second-order valence-electron chi connectivity index (χ2n) is 4.27. The topological polar surface area (TPSA) is 64.7 Å². The maximum Gasteiger partial charge on any atom is 0.150 e. The number of hydrogen-bond acceptors (Lipinski definition) is 5. The molecular weight excluding hydrogens is 256 g/mol. The molecule has 0 spiro atoms. The number of para-hydroxylation sites is 1. The van der Waals surface area contributed by atoms with Crippen molar-refractivity contribution in [3.8, 4) is 10.6 Å². The fourth-order valence-electron chi connectivity index (χ4n) is 1.99. The Morgan fingerprint density at radius 3 is 2.89 bits per heavy atom. The van der Waals surface area contributed by atoms with Crippen LogP contribution < -0.4 is 5.73 Å². The maximum absolute atomic E-state index is 5.52. The third kappa shape index (κ3) is 2.47. The summed E-state index contributed by atoms with van der Waals surface area (Å²) in [6.07, 6.45) is 3.65. The monoisotopic (exact) mass is 270 g/mol. The first-order valence-corrected chi connectivity index (χ1v) is 7.06. The smallest absolute Gasteiger partial charge is 0.150 e. The first-order chi connectivity index (χ1) is 9.38. The zero-order valence-corrected chi connectivity index (χ0v) is 11.2. The lowest BCUT2D eigenvalue weighted by molar-refractivity contribution is 0.812. The Kier molecular flexibility index (Phi) is 3.48. The van der Waals surface area contributed by atoms with Gasteiger partial charge in [0.15, 0.2) is 0 Å². The molecule has 0 aliphatic carbocycles. The first kappa shape index (κ1) is 12.2. The molecule has 2 N–H and O–H groups in total. The average Bonchev–Trinajstić information content (AvgIpc) is 2.93. The number of pyridine rings is 1. The van der Waals surface area contributed by atoms with Crippen LogP contribution in [0.5, 0.6) is 0 Å². The van der Waals surface area contributed by atoms with Crippen LogP contribution in [0.3, 0.4) is 0 Å². The summed E-state index contributed by atoms with van der Waals surface area (Å²) in [6.45, 7) is 0.685. The molecule has 0 radical (unpaired) electrons. The van der Waals surface area contributed by atoms with E-state index in [-0.39, 0.29) is 0 Å². The molecular formula is C14H14N4S. The van der Waals surface area contributed by atoms with E-state index in [9.17, 15) is 0 Å². The van der Waals surface area contributed by atoms with Crippen LogP contribution >= 0.6 is 11.3 Å². The van der Waals surface area contributed by atoms with Gasteiger partial charge in [-0.25, -0.2) is 0 Å². The highest BCUT2D eigenvalue weighted by molar-refractivity contribution is 7.14. The summed E-state index contributed by atoms with van der Waals surface area (Å²) in [6, 6.07) is 10.1. The van der Waals surface area contributed by atoms with E-state index >= 15 is 0 Å². The van der Waals surface area contributed by atoms with E-state index < -0.39 is 0 Å². The van der Waals surface area contributed by atoms with Gasteiger partial charge in [-0.15, -0.1) is 10.2 Å². The molecule has 0 atom stereocenters. The van der Waals surface area contributed by atoms with Crippen LogP contribution in [0.1, 0.15) is 11.4 Å². The van der Waals surface area contributed by atoms with Crippen LogP contribution in [-0.2, 0) is 6.42 Å². The molecule has 3 aromatic rings. The molecule has 19 heavy (non-hydrogen) atoms. The van der Waals surface area contributed by atoms with E-state index in [4.69, 9.17) is 5.73 Å². The van der Waals surface area contributed by atoms with Crippen LogP contribution in [0.4, 0.5) is 0 Å². The maximum atomic E-state index is 5.52. The minimum Gasteiger partial charge on any atom is -0.330 e. The molecule has 5 heteroatoms. The third-order valence-electron chi connectivity index (χ3n) is 2.92. The lowest BCUT2D eigenvalue weighted by atomic mass is 10.1. The Morgan fingerprint density at radius 2 is 2.00 bits per heavy atom. The average molecular weight is 270 g/mol. The van der Waals surface area contributed by atoms with Crippen LogP contribution in [0, 0.1) is 0 Å². The Morgan fingerprint density at radius 1 is 1.11 bits per heavy atom. The van der Waals surface area contributed by atoms with Gasteiger partial charge in [0.25, 0.3) is 0 Å². The second kappa shape index (κ2) is 5.42. The Balaban J connectivity index is 2.02. The van der Waals surface area contributed by atoms with E-state index in [2.05, 4.69) is 27.3 Å². The molecule has 1 aromatic carbocycles. The van der Waals surface area contributed by atoms with Gasteiger partial charge in [-0.05, 0) is 25.1 Å². The SMILES string of the molecule is NCCCc1nnc(-c2cccc3cccnc23)s1. The van der Waals surface area contributed by atoms with Gasteiger partial charge in [-0.2, -0.15) is 0 Å². The molecule has 0 unspecified atom stereocenters. The summed E-state index contributed by atoms with van der Waals surface area (Å²) in [5, 5.41) is 11.6. The minimum absolute atomic E-state index is 0.685. The minimum atomic E-state index is 0.685. The van der Waals surface area contributed by atoms with Crippen molar-refractivity contribution in [2.75, 3.05) is 6.54 Å². The number of nitrogens with two attached hydrogens (primary N) is 1. The highest BCUT2D eigenvalue weighted by atomic mass is 32.1. The van der Waals surface area contributed by atoms with Crippen molar-refractivity contribution in [1.29, 1.82) is 0 Å². The van der Waals surface area contributed by atoms with E-state index in [1.807, 2.05) is 24.4 Å². The number of fused-ring (bicyclic) bond motifs is 1. The van der Waals surface area contributed by atoms with Crippen LogP contribution in [0.15, 0.2) is 36.5 Å². The molecule has 0 aliphatic rings. The number of aryl methyl sites for hydroxylation is 1. The number of aromatic nitrogens is 3. The summed E-state index contributed by atoms with van der Waals surface area (Å²) in [4.78, 5) is 4.45. The summed E-state index contributed by atoms with van der Waals surface area (Å²) < 4.78 is 0. The number of benzene rings is 1. The Hall–Kier alpha value is -1.85. The Labute approximate surface area is 115 Å². The van der Waals surface area contributed by atoms with Crippen LogP contribution in [-0.4, -0.2) is 21.7 Å². The van der Waals surface area contributed by atoms with Crippen molar-refractivity contribution in [3.05, 3.63) is 41.5 Å². The van der Waals surface area contributed by atoms with Gasteiger partial charge in [0, 0.05) is 23.6 Å². The molecule has 2 heterocycles. The Bertz CT molecular complexity index is 687. The molecule has 0 fully saturated rings. The van der Waals surface area contributed by atoms with Crippen molar-refractivity contribution in [3.63, 3.8) is 0 Å². The largest absolute Gasteiger partial charge is 0.330 e. The highest BCUT2D eigenvalue weighted by Gasteiger charge is 2.10. The highest BCUT2D eigenvalue weighted by Crippen LogP contribution is 2.29. The summed E-state index contributed by atoms with van der Waals surface area (Å²) in [5.41, 5.74) is 7.54. The van der Waals surface area contributed by atoms with Crippen LogP contribution in [0.25, 0.3) is 21.5 Å². The van der Waals surface area contributed by atoms with Gasteiger partial charge < -0.3 is 5.73 Å². The quantitative estimate of drug-likeness (QED) is 0.791. The fourth-order valence-corrected chi connectivity index (χ4v) is 2.90. The van der Waals surface area contributed by atoms with Gasteiger partial charge in [0.1, 0.15) is 10.0 Å². The van der Waals surface area contributed by atoms with Gasteiger partial charge in [-0.1, -0.05) is 29.5 Å². The standard InChI is InChI=1S/C14H14N4S/c15-8-2-7-12-17-18-14(19-12)11-6-1-4-10-5-3-9-16-13(10)11/h1,3-6,9H,2,7-8,15H2. The van der Waals surface area contributed by atoms with Gasteiger partial charge in [-0.3, -0.25) is 4.98 Å². The number of rotatable bonds is 4. The van der Waals surface area contributed by atoms with Gasteiger partial charge in [0.05, 0.1) is 5.52 Å². The van der Waals surface area contributed by atoms with E-state index in [1.165, 1.54) is 0 Å². The first-order valence-electron chi connectivity index (χ1n) is 6.25. The van der Waals surface area contributed by atoms with Gasteiger partial charge >= 0.3 is 0 Å². The molecule has 0 saturated heterocycles. The van der Waals surface area contributed by atoms with Gasteiger partial charge in [0.2, 0.25) is 0 Å². The summed E-state index contributed by atoms with van der Waals surface area (Å²) in [7, 11) is 0. The second-order valence-corrected chi connectivity index (χ2v) is 5.34. The molecule has 0 bridgehead atoms. The predicted octanol–water partition coefficient (Wildman–Crippen LogP) is 2.64. The molecule has 0 amide bonds. The van der Waals surface area contributed by atoms with E-state index in [0.717, 1.165) is 39.3 Å². The predicted molar refractivity (Wildman–Crippen MR) is 78.0 cm³/mol. The summed E-state index contributed by atoms with van der Waals surface area (Å²) >= 11 is 1.62. The zero-order chi connectivity index (χ0) is 13.1. The van der Waals surface area contributed by atoms with Crippen molar-refractivity contribution in [2.24, 2.45) is 5.73 Å². The van der Waals surface area contributed by atoms with E-state index in [1.54, 1.807) is 11.3 Å². The molecule has 96 valence electrons. The molecule has 4 nitrogen and oxygen atoms in total. The lowest BCUT2D eigenvalue weighted by Gasteiger charge is -2.01. The molecule has 0 saturated carbocycles. The fraction of sp³-hybridized carbons (Fsp3) is 0.214. The van der Waals surface area contributed by atoms with Crippen molar-refractivity contribution < 1.29 is 0 Å². The normalized spacial score (nSPS) is 11.0. The van der Waals surface area contributed by atoms with Crippen molar-refractivity contribution in [2.45, 2.75) is 12.8 Å². The summed E-state index contributed by atoms with van der Waals surface area (Å²) in [5.74, 6) is 0. The molecule has 2 aromatic heterocycles. The number of hydrogen-bond donors (Lipinski definition) is 1. The van der Waals surface area contributed by atoms with Crippen molar-refractivity contribution >= 4 is 22.2 Å². The van der Waals surface area contributed by atoms with E-state index in [0.29, 0.717) is 6.54 Å². The van der Waals surface area contributed by atoms with Crippen LogP contribution in [0.2, 0.25) is 0 Å². The lowest BCUT2D eigenvalue weighted by Crippen LogP contribution is -1.99. The molecule has 3 rings (SSSR count). The zero-order valence-electron chi connectivity index (χ0n) is 10.4. The molecule has 0 aliphatic heterocycles. The number of nitrogens with zero attached hydrogens (tertiary/aromatic N) is 3.